The highest BCUT2D eigenvalue weighted by Crippen LogP contribution is 2.21. The van der Waals surface area contributed by atoms with E-state index in [1.54, 1.807) is 0 Å². The molecule has 19 heavy (non-hydrogen) atoms. The van der Waals surface area contributed by atoms with E-state index in [4.69, 9.17) is 4.74 Å². The minimum Gasteiger partial charge on any atom is -0.370 e. The van der Waals surface area contributed by atoms with Crippen molar-refractivity contribution in [3.05, 3.63) is 0 Å². The molecule has 1 aliphatic heterocycles. The van der Waals surface area contributed by atoms with Crippen LogP contribution in [0.4, 0.5) is 0 Å². The Labute approximate surface area is 119 Å². The van der Waals surface area contributed by atoms with E-state index in [-0.39, 0.29) is 5.60 Å². The van der Waals surface area contributed by atoms with Crippen molar-refractivity contribution in [1.82, 2.24) is 10.2 Å². The molecule has 0 aromatic carbocycles. The van der Waals surface area contributed by atoms with Crippen molar-refractivity contribution in [3.8, 4) is 0 Å². The lowest BCUT2D eigenvalue weighted by Crippen LogP contribution is -2.52. The predicted molar refractivity (Wildman–Crippen MR) is 80.6 cm³/mol. The Morgan fingerprint density at radius 1 is 1.21 bits per heavy atom. The second-order valence-corrected chi connectivity index (χ2v) is 7.07. The maximum absolute atomic E-state index is 5.95. The molecule has 0 amide bonds. The minimum atomic E-state index is 0.0223. The summed E-state index contributed by atoms with van der Waals surface area (Å²) in [5, 5.41) is 3.74. The number of ether oxygens (including phenoxy) is 1. The summed E-state index contributed by atoms with van der Waals surface area (Å²) in [6.45, 7) is 11.1. The summed E-state index contributed by atoms with van der Waals surface area (Å²) in [6.07, 6.45) is 8.70. The van der Waals surface area contributed by atoms with Crippen LogP contribution in [0.5, 0.6) is 0 Å². The maximum atomic E-state index is 5.95. The van der Waals surface area contributed by atoms with Crippen LogP contribution in [0, 0.1) is 0 Å². The van der Waals surface area contributed by atoms with E-state index in [2.05, 4.69) is 31.0 Å². The Morgan fingerprint density at radius 2 is 1.95 bits per heavy atom. The van der Waals surface area contributed by atoms with Gasteiger partial charge in [0.25, 0.3) is 0 Å². The molecular formula is C16H32N2O. The van der Waals surface area contributed by atoms with Crippen LogP contribution >= 0.6 is 0 Å². The van der Waals surface area contributed by atoms with Crippen LogP contribution in [0.2, 0.25) is 0 Å². The third-order valence-corrected chi connectivity index (χ3v) is 4.33. The number of rotatable bonds is 5. The summed E-state index contributed by atoms with van der Waals surface area (Å²) in [5.74, 6) is 0. The van der Waals surface area contributed by atoms with E-state index in [9.17, 15) is 0 Å². The number of nitrogens with zero attached hydrogens (tertiary/aromatic N) is 1. The molecule has 1 atom stereocenters. The molecule has 0 bridgehead atoms. The van der Waals surface area contributed by atoms with Crippen LogP contribution in [-0.4, -0.2) is 48.8 Å². The fourth-order valence-electron chi connectivity index (χ4n) is 3.67. The van der Waals surface area contributed by atoms with Gasteiger partial charge in [0.05, 0.1) is 11.7 Å². The van der Waals surface area contributed by atoms with Crippen LogP contribution in [0.1, 0.15) is 59.3 Å². The van der Waals surface area contributed by atoms with Gasteiger partial charge in [-0.3, -0.25) is 4.90 Å². The Morgan fingerprint density at radius 3 is 2.63 bits per heavy atom. The summed E-state index contributed by atoms with van der Waals surface area (Å²) in [6, 6.07) is 0.800. The number of nitrogens with one attached hydrogen (secondary N) is 1. The fraction of sp³-hybridized carbons (Fsp3) is 1.00. The zero-order valence-corrected chi connectivity index (χ0v) is 13.1. The predicted octanol–water partition coefficient (Wildman–Crippen LogP) is 2.80. The molecule has 1 saturated carbocycles. The summed E-state index contributed by atoms with van der Waals surface area (Å²) in [7, 11) is 0. The molecule has 1 heterocycles. The number of hydrogen-bond acceptors (Lipinski definition) is 3. The average molecular weight is 268 g/mol. The first-order valence-corrected chi connectivity index (χ1v) is 8.19. The van der Waals surface area contributed by atoms with Gasteiger partial charge in [-0.05, 0) is 53.1 Å². The Kier molecular flexibility index (Phi) is 5.67. The van der Waals surface area contributed by atoms with E-state index in [0.717, 1.165) is 19.1 Å². The first-order chi connectivity index (χ1) is 9.05. The lowest BCUT2D eigenvalue weighted by molar-refractivity contribution is -0.128. The van der Waals surface area contributed by atoms with Gasteiger partial charge in [-0.2, -0.15) is 0 Å². The molecule has 1 saturated heterocycles. The van der Waals surface area contributed by atoms with E-state index >= 15 is 0 Å². The monoisotopic (exact) mass is 268 g/mol. The lowest BCUT2D eigenvalue weighted by Gasteiger charge is -2.41. The van der Waals surface area contributed by atoms with Crippen molar-refractivity contribution in [1.29, 1.82) is 0 Å². The molecule has 2 rings (SSSR count). The molecule has 0 spiro atoms. The fourth-order valence-corrected chi connectivity index (χ4v) is 3.67. The molecule has 1 N–H and O–H groups in total. The summed E-state index contributed by atoms with van der Waals surface area (Å²) in [5.41, 5.74) is 0.0223. The van der Waals surface area contributed by atoms with Gasteiger partial charge in [0.2, 0.25) is 0 Å². The quantitative estimate of drug-likeness (QED) is 0.776. The third kappa shape index (κ3) is 5.41. The van der Waals surface area contributed by atoms with E-state index in [1.165, 1.54) is 51.6 Å². The first-order valence-electron chi connectivity index (χ1n) is 8.19. The molecule has 0 aromatic rings. The molecule has 1 aliphatic carbocycles. The molecule has 112 valence electrons. The highest BCUT2D eigenvalue weighted by atomic mass is 16.5. The van der Waals surface area contributed by atoms with Crippen molar-refractivity contribution < 1.29 is 4.74 Å². The molecular weight excluding hydrogens is 236 g/mol. The number of morpholine rings is 1. The molecule has 3 heteroatoms. The third-order valence-electron chi connectivity index (χ3n) is 4.33. The second kappa shape index (κ2) is 7.05. The molecule has 2 fully saturated rings. The van der Waals surface area contributed by atoms with Gasteiger partial charge < -0.3 is 10.1 Å². The van der Waals surface area contributed by atoms with Gasteiger partial charge in [-0.1, -0.05) is 19.3 Å². The zero-order valence-electron chi connectivity index (χ0n) is 13.1. The summed E-state index contributed by atoms with van der Waals surface area (Å²) in [4.78, 5) is 2.57. The van der Waals surface area contributed by atoms with Crippen LogP contribution < -0.4 is 5.32 Å². The molecule has 2 aliphatic rings. The van der Waals surface area contributed by atoms with Crippen LogP contribution in [0.25, 0.3) is 0 Å². The van der Waals surface area contributed by atoms with Crippen molar-refractivity contribution in [2.24, 2.45) is 0 Å². The largest absolute Gasteiger partial charge is 0.370 e. The average Bonchev–Trinajstić information content (AvgIpc) is 2.33. The Balaban J connectivity index is 1.59. The van der Waals surface area contributed by atoms with Crippen molar-refractivity contribution in [2.45, 2.75) is 77.0 Å². The van der Waals surface area contributed by atoms with Crippen molar-refractivity contribution in [3.63, 3.8) is 0 Å². The first kappa shape index (κ1) is 15.3. The van der Waals surface area contributed by atoms with Gasteiger partial charge in [-0.25, -0.2) is 0 Å². The van der Waals surface area contributed by atoms with Gasteiger partial charge in [0.1, 0.15) is 0 Å². The smallest absolute Gasteiger partial charge is 0.0757 e. The number of hydrogen-bond donors (Lipinski definition) is 1. The topological polar surface area (TPSA) is 24.5 Å². The van der Waals surface area contributed by atoms with Crippen LogP contribution in [-0.2, 0) is 4.74 Å². The minimum absolute atomic E-state index is 0.0223. The van der Waals surface area contributed by atoms with Gasteiger partial charge in [0, 0.05) is 19.1 Å². The SMILES string of the molecule is CC1CN(CCCNC2CCCCC2)CC(C)(C)O1. The Bertz CT molecular complexity index is 261. The summed E-state index contributed by atoms with van der Waals surface area (Å²) < 4.78 is 5.95. The van der Waals surface area contributed by atoms with E-state index in [0.29, 0.717) is 6.10 Å². The molecule has 3 nitrogen and oxygen atoms in total. The molecule has 0 radical (unpaired) electrons. The molecule has 1 unspecified atom stereocenters. The standard InChI is InChI=1S/C16H32N2O/c1-14-12-18(13-16(2,3)19-14)11-7-10-17-15-8-5-4-6-9-15/h14-15,17H,4-13H2,1-3H3. The van der Waals surface area contributed by atoms with E-state index in [1.807, 2.05) is 0 Å². The van der Waals surface area contributed by atoms with Gasteiger partial charge >= 0.3 is 0 Å². The van der Waals surface area contributed by atoms with Gasteiger partial charge in [0.15, 0.2) is 0 Å². The van der Waals surface area contributed by atoms with Crippen LogP contribution in [0.3, 0.4) is 0 Å². The van der Waals surface area contributed by atoms with Crippen molar-refractivity contribution in [2.75, 3.05) is 26.2 Å². The van der Waals surface area contributed by atoms with Gasteiger partial charge in [-0.15, -0.1) is 0 Å². The summed E-state index contributed by atoms with van der Waals surface area (Å²) >= 11 is 0. The van der Waals surface area contributed by atoms with E-state index < -0.39 is 0 Å². The Hall–Kier alpha value is -0.120. The maximum Gasteiger partial charge on any atom is 0.0757 e. The van der Waals surface area contributed by atoms with Crippen LogP contribution in [0.15, 0.2) is 0 Å². The molecule has 0 aromatic heterocycles. The highest BCUT2D eigenvalue weighted by molar-refractivity contribution is 4.82. The lowest BCUT2D eigenvalue weighted by atomic mass is 9.95. The second-order valence-electron chi connectivity index (χ2n) is 7.07. The highest BCUT2D eigenvalue weighted by Gasteiger charge is 2.30. The van der Waals surface area contributed by atoms with Crippen molar-refractivity contribution >= 4 is 0 Å². The normalized spacial score (nSPS) is 29.5. The zero-order chi connectivity index (χ0) is 13.7.